The van der Waals surface area contributed by atoms with Crippen LogP contribution in [0.15, 0.2) is 23.1 Å². The number of carbonyl (C=O) groups excluding carboxylic acids is 2. The first kappa shape index (κ1) is 15.6. The predicted molar refractivity (Wildman–Crippen MR) is 75.9 cm³/mol. The van der Waals surface area contributed by atoms with Crippen molar-refractivity contribution in [2.24, 2.45) is 0 Å². The largest absolute Gasteiger partial charge is 0.550 e. The minimum atomic E-state index is -1.29. The van der Waals surface area contributed by atoms with Crippen molar-refractivity contribution >= 4 is 46.3 Å². The quantitative estimate of drug-likeness (QED) is 0.616. The lowest BCUT2D eigenvalue weighted by Crippen LogP contribution is -2.33. The number of thiocarbonyl (C=S) groups is 1. The number of amides is 1. The van der Waals surface area contributed by atoms with Gasteiger partial charge in [-0.1, -0.05) is 24.0 Å². The van der Waals surface area contributed by atoms with Crippen LogP contribution in [0.3, 0.4) is 0 Å². The summed E-state index contributed by atoms with van der Waals surface area (Å²) in [6.45, 7) is -0.101. The summed E-state index contributed by atoms with van der Waals surface area (Å²) >= 11 is 5.91. The number of thioether (sulfide) groups is 1. The molecule has 1 amide bonds. The summed E-state index contributed by atoms with van der Waals surface area (Å²) in [4.78, 5) is 23.7. The average Bonchev–Trinajstić information content (AvgIpc) is 2.65. The van der Waals surface area contributed by atoms with Gasteiger partial charge in [0, 0.05) is 30.6 Å². The molecule has 21 heavy (non-hydrogen) atoms. The lowest BCUT2D eigenvalue weighted by atomic mass is 10.2. The molecule has 0 spiro atoms. The molecule has 1 fully saturated rings. The Balaban J connectivity index is 2.21. The third kappa shape index (κ3) is 3.64. The summed E-state index contributed by atoms with van der Waals surface area (Å²) in [5.74, 6) is -3.31. The maximum atomic E-state index is 13.5. The summed E-state index contributed by atoms with van der Waals surface area (Å²) in [5, 5.41) is 10.4. The van der Waals surface area contributed by atoms with Gasteiger partial charge in [-0.3, -0.25) is 9.69 Å². The maximum absolute atomic E-state index is 13.5. The Bertz CT molecular complexity index is 661. The number of aliphatic carboxylic acids is 1. The minimum absolute atomic E-state index is 0.0526. The van der Waals surface area contributed by atoms with E-state index in [2.05, 4.69) is 0 Å². The van der Waals surface area contributed by atoms with Gasteiger partial charge in [0.15, 0.2) is 0 Å². The third-order valence-corrected chi connectivity index (χ3v) is 4.04. The van der Waals surface area contributed by atoms with Crippen LogP contribution in [-0.4, -0.2) is 27.6 Å². The molecule has 0 aromatic heterocycles. The third-order valence-electron chi connectivity index (χ3n) is 2.66. The first-order valence-corrected chi connectivity index (χ1v) is 7.01. The van der Waals surface area contributed by atoms with Gasteiger partial charge in [0.2, 0.25) is 0 Å². The van der Waals surface area contributed by atoms with E-state index in [1.807, 2.05) is 0 Å². The van der Waals surface area contributed by atoms with Crippen LogP contribution < -0.4 is 5.11 Å². The van der Waals surface area contributed by atoms with Gasteiger partial charge in [-0.2, -0.15) is 0 Å². The van der Waals surface area contributed by atoms with E-state index < -0.39 is 23.5 Å². The first-order valence-electron chi connectivity index (χ1n) is 5.79. The molecule has 0 saturated carbocycles. The van der Waals surface area contributed by atoms with Gasteiger partial charge in [-0.05, 0) is 18.2 Å². The molecule has 0 radical (unpaired) electrons. The smallest absolute Gasteiger partial charge is 0.266 e. The zero-order chi connectivity index (χ0) is 15.6. The Morgan fingerprint density at radius 2 is 2.14 bits per heavy atom. The fourth-order valence-electron chi connectivity index (χ4n) is 1.66. The number of nitrogens with zero attached hydrogens (tertiary/aromatic N) is 1. The number of halogens is 2. The van der Waals surface area contributed by atoms with Gasteiger partial charge < -0.3 is 9.90 Å². The van der Waals surface area contributed by atoms with Crippen molar-refractivity contribution in [1.82, 2.24) is 4.90 Å². The van der Waals surface area contributed by atoms with Crippen LogP contribution in [0, 0.1) is 11.6 Å². The molecule has 1 aromatic rings. The normalized spacial score (nSPS) is 16.9. The van der Waals surface area contributed by atoms with Crippen LogP contribution in [0.4, 0.5) is 8.78 Å². The molecule has 0 aliphatic carbocycles. The number of benzene rings is 1. The highest BCUT2D eigenvalue weighted by Gasteiger charge is 2.31. The predicted octanol–water partition coefficient (Wildman–Crippen LogP) is 1.31. The van der Waals surface area contributed by atoms with Crippen LogP contribution >= 0.6 is 24.0 Å². The van der Waals surface area contributed by atoms with Gasteiger partial charge in [0.05, 0.1) is 4.91 Å². The number of carboxylic acids is 1. The molecule has 0 N–H and O–H groups in total. The Hall–Kier alpha value is -1.80. The second-order valence-corrected chi connectivity index (χ2v) is 5.80. The molecule has 1 saturated heterocycles. The highest BCUT2D eigenvalue weighted by molar-refractivity contribution is 8.26. The van der Waals surface area contributed by atoms with E-state index in [0.717, 1.165) is 22.7 Å². The maximum Gasteiger partial charge on any atom is 0.266 e. The highest BCUT2D eigenvalue weighted by Crippen LogP contribution is 2.32. The van der Waals surface area contributed by atoms with E-state index in [9.17, 15) is 23.5 Å². The first-order chi connectivity index (χ1) is 9.88. The Morgan fingerprint density at radius 3 is 2.76 bits per heavy atom. The van der Waals surface area contributed by atoms with E-state index in [-0.39, 0.29) is 27.8 Å². The molecular weight excluding hydrogens is 320 g/mol. The van der Waals surface area contributed by atoms with E-state index in [1.165, 1.54) is 12.1 Å². The number of rotatable bonds is 4. The summed E-state index contributed by atoms with van der Waals surface area (Å²) in [6, 6.07) is 2.99. The Kier molecular flexibility index (Phi) is 4.69. The number of carbonyl (C=O) groups is 2. The molecule has 8 heteroatoms. The van der Waals surface area contributed by atoms with Gasteiger partial charge in [0.1, 0.15) is 16.0 Å². The fourth-order valence-corrected chi connectivity index (χ4v) is 2.96. The average molecular weight is 328 g/mol. The molecule has 0 bridgehead atoms. The van der Waals surface area contributed by atoms with E-state index in [4.69, 9.17) is 12.2 Å². The molecule has 1 heterocycles. The topological polar surface area (TPSA) is 60.4 Å². The van der Waals surface area contributed by atoms with Crippen molar-refractivity contribution in [3.8, 4) is 0 Å². The lowest BCUT2D eigenvalue weighted by Gasteiger charge is -2.14. The molecule has 2 rings (SSSR count). The SMILES string of the molecule is O=C([O-])CCN1C(=O)/C(=C\c2ccc(F)cc2F)SC1=S. The number of hydrogen-bond acceptors (Lipinski definition) is 5. The Labute approximate surface area is 128 Å². The summed E-state index contributed by atoms with van der Waals surface area (Å²) in [7, 11) is 0. The van der Waals surface area contributed by atoms with E-state index in [1.54, 1.807) is 0 Å². The van der Waals surface area contributed by atoms with Gasteiger partial charge >= 0.3 is 0 Å². The standard InChI is InChI=1S/C13H9F2NO3S2/c14-8-2-1-7(9(15)6-8)5-10-12(19)16(13(20)21-10)4-3-11(17)18/h1-2,5-6H,3-4H2,(H,17,18)/p-1/b10-5+. The van der Waals surface area contributed by atoms with Crippen molar-refractivity contribution in [2.45, 2.75) is 6.42 Å². The molecular formula is C13H8F2NO3S2-. The van der Waals surface area contributed by atoms with Gasteiger partial charge in [0.25, 0.3) is 5.91 Å². The molecule has 0 atom stereocenters. The lowest BCUT2D eigenvalue weighted by molar-refractivity contribution is -0.305. The molecule has 4 nitrogen and oxygen atoms in total. The van der Waals surface area contributed by atoms with E-state index >= 15 is 0 Å². The second kappa shape index (κ2) is 6.31. The van der Waals surface area contributed by atoms with Crippen molar-refractivity contribution in [3.63, 3.8) is 0 Å². The molecule has 1 aliphatic heterocycles. The highest BCUT2D eigenvalue weighted by atomic mass is 32.2. The van der Waals surface area contributed by atoms with Gasteiger partial charge in [-0.15, -0.1) is 0 Å². The number of hydrogen-bond donors (Lipinski definition) is 0. The van der Waals surface area contributed by atoms with E-state index in [0.29, 0.717) is 6.07 Å². The molecule has 1 aromatic carbocycles. The van der Waals surface area contributed by atoms with Crippen molar-refractivity contribution in [3.05, 3.63) is 40.3 Å². The van der Waals surface area contributed by atoms with Crippen molar-refractivity contribution in [2.75, 3.05) is 6.54 Å². The van der Waals surface area contributed by atoms with Crippen LogP contribution in [0.1, 0.15) is 12.0 Å². The zero-order valence-electron chi connectivity index (χ0n) is 10.5. The Morgan fingerprint density at radius 1 is 1.43 bits per heavy atom. The van der Waals surface area contributed by atoms with Crippen molar-refractivity contribution in [1.29, 1.82) is 0 Å². The fraction of sp³-hybridized carbons (Fsp3) is 0.154. The van der Waals surface area contributed by atoms with Crippen LogP contribution in [0.25, 0.3) is 6.08 Å². The minimum Gasteiger partial charge on any atom is -0.550 e. The second-order valence-electron chi connectivity index (χ2n) is 4.12. The molecule has 110 valence electrons. The molecule has 1 aliphatic rings. The summed E-state index contributed by atoms with van der Waals surface area (Å²) in [5.41, 5.74) is 0.0526. The van der Waals surface area contributed by atoms with Crippen LogP contribution in [-0.2, 0) is 9.59 Å². The summed E-state index contributed by atoms with van der Waals surface area (Å²) in [6.07, 6.45) is 0.914. The summed E-state index contributed by atoms with van der Waals surface area (Å²) < 4.78 is 26.5. The van der Waals surface area contributed by atoms with Crippen LogP contribution in [0.5, 0.6) is 0 Å². The monoisotopic (exact) mass is 328 g/mol. The van der Waals surface area contributed by atoms with Crippen molar-refractivity contribution < 1.29 is 23.5 Å². The molecule has 0 unspecified atom stereocenters. The number of carboxylic acid groups (broad SMARTS) is 1. The van der Waals surface area contributed by atoms with Gasteiger partial charge in [-0.25, -0.2) is 8.78 Å². The van der Waals surface area contributed by atoms with Crippen LogP contribution in [0.2, 0.25) is 0 Å². The zero-order valence-corrected chi connectivity index (χ0v) is 12.1.